The lowest BCUT2D eigenvalue weighted by Crippen LogP contribution is -2.27. The van der Waals surface area contributed by atoms with Crippen LogP contribution < -0.4 is 11.1 Å². The molecule has 19 heavy (non-hydrogen) atoms. The zero-order chi connectivity index (χ0) is 13.8. The Hall–Kier alpha value is -2.36. The van der Waals surface area contributed by atoms with Crippen molar-refractivity contribution in [2.24, 2.45) is 0 Å². The minimum atomic E-state index is -0.165. The first-order valence-corrected chi connectivity index (χ1v) is 6.15. The van der Waals surface area contributed by atoms with E-state index in [1.54, 1.807) is 24.5 Å². The van der Waals surface area contributed by atoms with E-state index in [0.717, 1.165) is 11.1 Å². The number of hydrogen-bond acceptors (Lipinski definition) is 3. The molecule has 1 heterocycles. The summed E-state index contributed by atoms with van der Waals surface area (Å²) in [6, 6.07) is 9.09. The van der Waals surface area contributed by atoms with E-state index in [1.807, 2.05) is 32.0 Å². The van der Waals surface area contributed by atoms with Crippen molar-refractivity contribution in [2.75, 3.05) is 5.73 Å². The lowest BCUT2D eigenvalue weighted by molar-refractivity contribution is 0.0941. The van der Waals surface area contributed by atoms with E-state index in [4.69, 9.17) is 5.73 Å². The Morgan fingerprint density at radius 3 is 2.58 bits per heavy atom. The van der Waals surface area contributed by atoms with E-state index in [1.165, 1.54) is 0 Å². The normalized spacial score (nSPS) is 11.9. The Morgan fingerprint density at radius 1 is 1.26 bits per heavy atom. The fourth-order valence-corrected chi connectivity index (χ4v) is 1.90. The lowest BCUT2D eigenvalue weighted by Gasteiger charge is -2.15. The van der Waals surface area contributed by atoms with Gasteiger partial charge in [-0.25, -0.2) is 0 Å². The van der Waals surface area contributed by atoms with Gasteiger partial charge < -0.3 is 11.1 Å². The van der Waals surface area contributed by atoms with Gasteiger partial charge in [-0.1, -0.05) is 6.07 Å². The van der Waals surface area contributed by atoms with Crippen LogP contribution in [0.1, 0.15) is 34.5 Å². The molecule has 0 aliphatic rings. The minimum Gasteiger partial charge on any atom is -0.398 e. The largest absolute Gasteiger partial charge is 0.398 e. The number of pyridine rings is 1. The van der Waals surface area contributed by atoms with Crippen LogP contribution in [0, 0.1) is 6.92 Å². The maximum absolute atomic E-state index is 12.2. The van der Waals surface area contributed by atoms with Crippen LogP contribution in [-0.4, -0.2) is 10.9 Å². The number of nitrogens with zero attached hydrogens (tertiary/aromatic N) is 1. The van der Waals surface area contributed by atoms with Gasteiger partial charge in [-0.05, 0) is 49.2 Å². The average molecular weight is 255 g/mol. The van der Waals surface area contributed by atoms with Crippen molar-refractivity contribution >= 4 is 11.6 Å². The number of hydrogen-bond donors (Lipinski definition) is 2. The summed E-state index contributed by atoms with van der Waals surface area (Å²) in [6.45, 7) is 3.87. The molecule has 0 radical (unpaired) electrons. The summed E-state index contributed by atoms with van der Waals surface area (Å²) in [5.74, 6) is -0.165. The smallest absolute Gasteiger partial charge is 0.253 e. The highest BCUT2D eigenvalue weighted by molar-refractivity contribution is 5.99. The number of nitrogen functional groups attached to an aromatic ring is 1. The molecule has 2 rings (SSSR count). The highest BCUT2D eigenvalue weighted by atomic mass is 16.1. The predicted molar refractivity (Wildman–Crippen MR) is 75.7 cm³/mol. The number of anilines is 1. The summed E-state index contributed by atoms with van der Waals surface area (Å²) in [4.78, 5) is 16.1. The van der Waals surface area contributed by atoms with E-state index < -0.39 is 0 Å². The molecule has 0 aliphatic heterocycles. The molecular formula is C15H17N3O. The molecule has 1 aromatic carbocycles. The van der Waals surface area contributed by atoms with Gasteiger partial charge in [-0.2, -0.15) is 0 Å². The Labute approximate surface area is 112 Å². The summed E-state index contributed by atoms with van der Waals surface area (Å²) < 4.78 is 0. The van der Waals surface area contributed by atoms with Gasteiger partial charge in [0.1, 0.15) is 0 Å². The number of aromatic nitrogens is 1. The average Bonchev–Trinajstić information content (AvgIpc) is 2.39. The van der Waals surface area contributed by atoms with Crippen LogP contribution in [-0.2, 0) is 0 Å². The summed E-state index contributed by atoms with van der Waals surface area (Å²) in [5, 5.41) is 2.93. The molecule has 2 aromatic rings. The van der Waals surface area contributed by atoms with Crippen molar-refractivity contribution in [3.8, 4) is 0 Å². The third kappa shape index (κ3) is 3.10. The molecule has 0 spiro atoms. The summed E-state index contributed by atoms with van der Waals surface area (Å²) in [6.07, 6.45) is 3.41. The van der Waals surface area contributed by atoms with E-state index in [9.17, 15) is 4.79 Å². The number of nitrogens with one attached hydrogen (secondary N) is 1. The van der Waals surface area contributed by atoms with Gasteiger partial charge in [0.25, 0.3) is 5.91 Å². The van der Waals surface area contributed by atoms with Gasteiger partial charge in [0, 0.05) is 18.1 Å². The number of carbonyl (C=O) groups is 1. The molecule has 4 heteroatoms. The lowest BCUT2D eigenvalue weighted by atomic mass is 10.1. The maximum Gasteiger partial charge on any atom is 0.253 e. The fourth-order valence-electron chi connectivity index (χ4n) is 1.90. The fraction of sp³-hybridized carbons (Fsp3) is 0.200. The van der Waals surface area contributed by atoms with E-state index in [0.29, 0.717) is 11.3 Å². The first-order chi connectivity index (χ1) is 9.08. The molecule has 98 valence electrons. The third-order valence-corrected chi connectivity index (χ3v) is 3.01. The first-order valence-electron chi connectivity index (χ1n) is 6.15. The molecule has 1 atom stereocenters. The Bertz CT molecular complexity index is 581. The Balaban J connectivity index is 2.13. The molecule has 1 amide bonds. The third-order valence-electron chi connectivity index (χ3n) is 3.01. The number of carbonyl (C=O) groups excluding carboxylic acids is 1. The molecule has 4 nitrogen and oxygen atoms in total. The van der Waals surface area contributed by atoms with Crippen LogP contribution in [0.5, 0.6) is 0 Å². The molecule has 0 aliphatic carbocycles. The summed E-state index contributed by atoms with van der Waals surface area (Å²) >= 11 is 0. The van der Waals surface area contributed by atoms with Gasteiger partial charge in [-0.15, -0.1) is 0 Å². The van der Waals surface area contributed by atoms with Gasteiger partial charge in [0.05, 0.1) is 11.6 Å². The van der Waals surface area contributed by atoms with Gasteiger partial charge in [0.15, 0.2) is 0 Å². The second-order valence-electron chi connectivity index (χ2n) is 4.57. The number of aryl methyl sites for hydroxylation is 1. The second-order valence-corrected chi connectivity index (χ2v) is 4.57. The zero-order valence-electron chi connectivity index (χ0n) is 11.1. The van der Waals surface area contributed by atoms with Crippen LogP contribution in [0.2, 0.25) is 0 Å². The van der Waals surface area contributed by atoms with Crippen LogP contribution >= 0.6 is 0 Å². The predicted octanol–water partition coefficient (Wildman–Crippen LogP) is 2.46. The quantitative estimate of drug-likeness (QED) is 0.828. The number of amides is 1. The van der Waals surface area contributed by atoms with Crippen LogP contribution in [0.3, 0.4) is 0 Å². The van der Waals surface area contributed by atoms with Crippen LogP contribution in [0.15, 0.2) is 42.7 Å². The molecule has 1 aromatic heterocycles. The standard InChI is InChI=1S/C15H17N3O/c1-10-3-4-13(14(16)9-10)15(19)18-11(2)12-5-7-17-8-6-12/h3-9,11H,16H2,1-2H3,(H,18,19). The van der Waals surface area contributed by atoms with Crippen molar-refractivity contribution in [2.45, 2.75) is 19.9 Å². The molecule has 1 unspecified atom stereocenters. The minimum absolute atomic E-state index is 0.0868. The Kier molecular flexibility index (Phi) is 3.80. The topological polar surface area (TPSA) is 68.0 Å². The van der Waals surface area contributed by atoms with Gasteiger partial charge >= 0.3 is 0 Å². The van der Waals surface area contributed by atoms with E-state index >= 15 is 0 Å². The monoisotopic (exact) mass is 255 g/mol. The molecule has 0 saturated carbocycles. The highest BCUT2D eigenvalue weighted by Crippen LogP contribution is 2.16. The Morgan fingerprint density at radius 2 is 1.95 bits per heavy atom. The molecular weight excluding hydrogens is 238 g/mol. The number of nitrogens with two attached hydrogens (primary N) is 1. The molecule has 3 N–H and O–H groups in total. The van der Waals surface area contributed by atoms with E-state index in [2.05, 4.69) is 10.3 Å². The van der Waals surface area contributed by atoms with Gasteiger partial charge in [-0.3, -0.25) is 9.78 Å². The number of rotatable bonds is 3. The zero-order valence-corrected chi connectivity index (χ0v) is 11.1. The maximum atomic E-state index is 12.2. The van der Waals surface area contributed by atoms with Gasteiger partial charge in [0.2, 0.25) is 0 Å². The van der Waals surface area contributed by atoms with Crippen LogP contribution in [0.4, 0.5) is 5.69 Å². The van der Waals surface area contributed by atoms with Crippen molar-refractivity contribution in [1.82, 2.24) is 10.3 Å². The summed E-state index contributed by atoms with van der Waals surface area (Å²) in [7, 11) is 0. The second kappa shape index (κ2) is 5.52. The molecule has 0 saturated heterocycles. The van der Waals surface area contributed by atoms with Crippen molar-refractivity contribution in [1.29, 1.82) is 0 Å². The number of benzene rings is 1. The van der Waals surface area contributed by atoms with Crippen molar-refractivity contribution < 1.29 is 4.79 Å². The van der Waals surface area contributed by atoms with Crippen molar-refractivity contribution in [3.63, 3.8) is 0 Å². The van der Waals surface area contributed by atoms with Crippen molar-refractivity contribution in [3.05, 3.63) is 59.4 Å². The van der Waals surface area contributed by atoms with Crippen LogP contribution in [0.25, 0.3) is 0 Å². The first kappa shape index (κ1) is 13.1. The molecule has 0 bridgehead atoms. The highest BCUT2D eigenvalue weighted by Gasteiger charge is 2.13. The molecule has 0 fully saturated rings. The SMILES string of the molecule is Cc1ccc(C(=O)NC(C)c2ccncc2)c(N)c1. The summed E-state index contributed by atoms with van der Waals surface area (Å²) in [5.41, 5.74) is 8.92. The van der Waals surface area contributed by atoms with E-state index in [-0.39, 0.29) is 11.9 Å².